The summed E-state index contributed by atoms with van der Waals surface area (Å²) in [5.41, 5.74) is 0.747. The van der Waals surface area contributed by atoms with Gasteiger partial charge in [-0.15, -0.1) is 0 Å². The molecule has 0 radical (unpaired) electrons. The van der Waals surface area contributed by atoms with Crippen LogP contribution < -0.4 is 9.47 Å². The molecule has 2 amide bonds. The molecule has 1 aromatic carbocycles. The number of benzene rings is 1. The molecule has 2 aliphatic heterocycles. The third-order valence-electron chi connectivity index (χ3n) is 4.20. The summed E-state index contributed by atoms with van der Waals surface area (Å²) in [7, 11) is 0. The van der Waals surface area contributed by atoms with Gasteiger partial charge in [-0.3, -0.25) is 19.4 Å². The van der Waals surface area contributed by atoms with Gasteiger partial charge < -0.3 is 14.2 Å². The molecule has 3 rings (SSSR count). The van der Waals surface area contributed by atoms with E-state index in [4.69, 9.17) is 14.2 Å². The Kier molecular flexibility index (Phi) is 6.76. The average Bonchev–Trinajstić information content (AvgIpc) is 2.93. The van der Waals surface area contributed by atoms with E-state index in [0.29, 0.717) is 62.6 Å². The highest BCUT2D eigenvalue weighted by Crippen LogP contribution is 2.35. The fraction of sp³-hybridized carbons (Fsp3) is 0.474. The molecule has 1 aromatic rings. The van der Waals surface area contributed by atoms with E-state index >= 15 is 0 Å². The van der Waals surface area contributed by atoms with Crippen LogP contribution in [0.25, 0.3) is 6.08 Å². The molecule has 0 saturated carbocycles. The van der Waals surface area contributed by atoms with Gasteiger partial charge in [0.15, 0.2) is 0 Å². The predicted molar refractivity (Wildman–Crippen MR) is 104 cm³/mol. The van der Waals surface area contributed by atoms with Gasteiger partial charge in [-0.1, -0.05) is 0 Å². The van der Waals surface area contributed by atoms with Gasteiger partial charge in [0.2, 0.25) is 0 Å². The topological polar surface area (TPSA) is 68.3 Å². The molecule has 2 heterocycles. The lowest BCUT2D eigenvalue weighted by molar-refractivity contribution is -0.125. The van der Waals surface area contributed by atoms with Crippen LogP contribution in [0.3, 0.4) is 0 Å². The van der Waals surface area contributed by atoms with Crippen LogP contribution in [-0.4, -0.2) is 67.1 Å². The molecule has 0 spiro atoms. The SMILES string of the molecule is CCOc1ccc(/C=C2\SC(=O)N(CN3CCOCC3)C2=O)c(OCC)c1. The van der Waals surface area contributed by atoms with E-state index < -0.39 is 0 Å². The van der Waals surface area contributed by atoms with Crippen LogP contribution in [0.5, 0.6) is 11.5 Å². The quantitative estimate of drug-likeness (QED) is 0.661. The second-order valence-electron chi connectivity index (χ2n) is 6.05. The Bertz CT molecular complexity index is 731. The Morgan fingerprint density at radius 2 is 1.89 bits per heavy atom. The van der Waals surface area contributed by atoms with Crippen LogP contribution in [0.4, 0.5) is 4.79 Å². The first-order valence-electron chi connectivity index (χ1n) is 9.07. The summed E-state index contributed by atoms with van der Waals surface area (Å²) in [6, 6.07) is 5.47. The Morgan fingerprint density at radius 3 is 2.59 bits per heavy atom. The zero-order valence-electron chi connectivity index (χ0n) is 15.6. The highest BCUT2D eigenvalue weighted by Gasteiger charge is 2.36. The minimum absolute atomic E-state index is 0.248. The minimum Gasteiger partial charge on any atom is -0.494 e. The summed E-state index contributed by atoms with van der Waals surface area (Å²) in [6.45, 7) is 7.84. The molecule has 2 fully saturated rings. The van der Waals surface area contributed by atoms with E-state index in [9.17, 15) is 9.59 Å². The van der Waals surface area contributed by atoms with Gasteiger partial charge >= 0.3 is 0 Å². The number of morpholine rings is 1. The summed E-state index contributed by atoms with van der Waals surface area (Å²) in [5, 5.41) is -0.248. The van der Waals surface area contributed by atoms with Crippen molar-refractivity contribution in [3.63, 3.8) is 0 Å². The highest BCUT2D eigenvalue weighted by molar-refractivity contribution is 8.18. The Morgan fingerprint density at radius 1 is 1.15 bits per heavy atom. The number of carbonyl (C=O) groups is 2. The summed E-state index contributed by atoms with van der Waals surface area (Å²) in [4.78, 5) is 28.8. The third-order valence-corrected chi connectivity index (χ3v) is 5.11. The molecule has 0 unspecified atom stereocenters. The number of rotatable bonds is 7. The molecule has 0 atom stereocenters. The van der Waals surface area contributed by atoms with E-state index in [0.717, 1.165) is 17.3 Å². The number of imide groups is 1. The molecular formula is C19H24N2O5S. The molecule has 7 nitrogen and oxygen atoms in total. The van der Waals surface area contributed by atoms with E-state index in [1.165, 1.54) is 4.90 Å². The molecule has 0 N–H and O–H groups in total. The zero-order valence-corrected chi connectivity index (χ0v) is 16.4. The summed E-state index contributed by atoms with van der Waals surface area (Å²) >= 11 is 0.960. The van der Waals surface area contributed by atoms with Gasteiger partial charge in [-0.2, -0.15) is 0 Å². The molecule has 8 heteroatoms. The average molecular weight is 392 g/mol. The molecule has 2 aliphatic rings. The number of carbonyl (C=O) groups excluding carboxylic acids is 2. The molecule has 0 bridgehead atoms. The first-order chi connectivity index (χ1) is 13.1. The molecule has 2 saturated heterocycles. The Balaban J connectivity index is 1.78. The largest absolute Gasteiger partial charge is 0.494 e. The predicted octanol–water partition coefficient (Wildman–Crippen LogP) is 2.81. The number of ether oxygens (including phenoxy) is 3. The van der Waals surface area contributed by atoms with Crippen molar-refractivity contribution in [3.05, 3.63) is 28.7 Å². The normalized spacial score (nSPS) is 19.8. The summed E-state index contributed by atoms with van der Waals surface area (Å²) < 4.78 is 16.5. The van der Waals surface area contributed by atoms with E-state index in [1.807, 2.05) is 30.9 Å². The van der Waals surface area contributed by atoms with E-state index in [1.54, 1.807) is 12.1 Å². The van der Waals surface area contributed by atoms with Gasteiger partial charge in [0.1, 0.15) is 11.5 Å². The smallest absolute Gasteiger partial charge is 0.294 e. The van der Waals surface area contributed by atoms with Crippen molar-refractivity contribution in [1.82, 2.24) is 9.80 Å². The summed E-state index contributed by atoms with van der Waals surface area (Å²) in [5.74, 6) is 1.06. The van der Waals surface area contributed by atoms with E-state index in [2.05, 4.69) is 0 Å². The van der Waals surface area contributed by atoms with Crippen molar-refractivity contribution in [3.8, 4) is 11.5 Å². The van der Waals surface area contributed by atoms with Crippen LogP contribution in [0.1, 0.15) is 19.4 Å². The van der Waals surface area contributed by atoms with Gasteiger partial charge in [0, 0.05) is 24.7 Å². The molecule has 146 valence electrons. The standard InChI is InChI=1S/C19H24N2O5S/c1-3-25-15-6-5-14(16(12-15)26-4-2)11-17-18(22)21(19(23)27-17)13-20-7-9-24-10-8-20/h5-6,11-12H,3-4,7-10,13H2,1-2H3/b17-11-. The number of amides is 2. The van der Waals surface area contributed by atoms with Crippen LogP contribution in [0.15, 0.2) is 23.1 Å². The number of thioether (sulfide) groups is 1. The lowest BCUT2D eigenvalue weighted by Crippen LogP contribution is -2.45. The van der Waals surface area contributed by atoms with Crippen LogP contribution in [-0.2, 0) is 9.53 Å². The number of nitrogens with zero attached hydrogens (tertiary/aromatic N) is 2. The van der Waals surface area contributed by atoms with Crippen LogP contribution in [0.2, 0.25) is 0 Å². The highest BCUT2D eigenvalue weighted by atomic mass is 32.2. The first kappa shape index (κ1) is 19.7. The van der Waals surface area contributed by atoms with Crippen LogP contribution in [0, 0.1) is 0 Å². The molecule has 0 aromatic heterocycles. The molecular weight excluding hydrogens is 368 g/mol. The van der Waals surface area contributed by atoms with Crippen molar-refractivity contribution in [1.29, 1.82) is 0 Å². The lowest BCUT2D eigenvalue weighted by Gasteiger charge is -2.29. The van der Waals surface area contributed by atoms with Crippen molar-refractivity contribution >= 4 is 29.0 Å². The maximum absolute atomic E-state index is 12.7. The minimum atomic E-state index is -0.271. The van der Waals surface area contributed by atoms with Gasteiger partial charge in [0.05, 0.1) is 38.0 Å². The van der Waals surface area contributed by atoms with Crippen molar-refractivity contribution in [2.75, 3.05) is 46.2 Å². The second kappa shape index (κ2) is 9.25. The second-order valence-corrected chi connectivity index (χ2v) is 7.04. The zero-order chi connectivity index (χ0) is 19.2. The van der Waals surface area contributed by atoms with Gasteiger partial charge in [-0.25, -0.2) is 0 Å². The fourth-order valence-corrected chi connectivity index (χ4v) is 3.70. The van der Waals surface area contributed by atoms with Crippen molar-refractivity contribution in [2.45, 2.75) is 13.8 Å². The molecule has 27 heavy (non-hydrogen) atoms. The Labute approximate surface area is 163 Å². The molecule has 0 aliphatic carbocycles. The lowest BCUT2D eigenvalue weighted by atomic mass is 10.1. The first-order valence-corrected chi connectivity index (χ1v) is 9.89. The van der Waals surface area contributed by atoms with Crippen molar-refractivity contribution < 1.29 is 23.8 Å². The van der Waals surface area contributed by atoms with E-state index in [-0.39, 0.29) is 11.1 Å². The van der Waals surface area contributed by atoms with Crippen LogP contribution >= 0.6 is 11.8 Å². The summed E-state index contributed by atoms with van der Waals surface area (Å²) in [6.07, 6.45) is 1.71. The number of hydrogen-bond donors (Lipinski definition) is 0. The van der Waals surface area contributed by atoms with Gasteiger partial charge in [-0.05, 0) is 43.8 Å². The maximum atomic E-state index is 12.7. The Hall–Kier alpha value is -2.03. The fourth-order valence-electron chi connectivity index (χ4n) is 2.88. The maximum Gasteiger partial charge on any atom is 0.294 e. The van der Waals surface area contributed by atoms with Gasteiger partial charge in [0.25, 0.3) is 11.1 Å². The van der Waals surface area contributed by atoms with Crippen molar-refractivity contribution in [2.24, 2.45) is 0 Å². The number of hydrogen-bond acceptors (Lipinski definition) is 7. The monoisotopic (exact) mass is 392 g/mol. The third kappa shape index (κ3) is 4.82.